The van der Waals surface area contributed by atoms with Crippen LogP contribution < -0.4 is 0 Å². The van der Waals surface area contributed by atoms with Gasteiger partial charge >= 0.3 is 17.9 Å². The second kappa shape index (κ2) is 74.7. The van der Waals surface area contributed by atoms with E-state index in [0.717, 1.165) is 128 Å². The first kappa shape index (κ1) is 89.9. The van der Waals surface area contributed by atoms with Crippen molar-refractivity contribution in [3.8, 4) is 0 Å². The van der Waals surface area contributed by atoms with Crippen LogP contribution in [-0.4, -0.2) is 87.4 Å². The van der Waals surface area contributed by atoms with Crippen LogP contribution in [0.15, 0.2) is 158 Å². The van der Waals surface area contributed by atoms with Gasteiger partial charge in [0.15, 0.2) is 6.10 Å². The Hall–Kier alpha value is -5.09. The molecular weight excluding hydrogens is 1170 g/mol. The number of unbranched alkanes of at least 4 members (excludes halogenated alkanes) is 29. The second-order valence-electron chi connectivity index (χ2n) is 26.6. The van der Waals surface area contributed by atoms with Gasteiger partial charge in [-0.3, -0.25) is 9.59 Å². The van der Waals surface area contributed by atoms with Crippen LogP contribution in [0.4, 0.5) is 0 Å². The van der Waals surface area contributed by atoms with Crippen LogP contribution >= 0.6 is 0 Å². The Morgan fingerprint density at radius 1 is 0.316 bits per heavy atom. The number of quaternary nitrogens is 1. The number of carboxylic acid groups (broad SMARTS) is 1. The molecule has 0 aliphatic heterocycles. The highest BCUT2D eigenvalue weighted by Crippen LogP contribution is 2.18. The Bertz CT molecular complexity index is 2130. The molecular formula is C86H144NO8+. The molecule has 9 nitrogen and oxygen atoms in total. The molecule has 0 aromatic heterocycles. The highest BCUT2D eigenvalue weighted by atomic mass is 16.7. The summed E-state index contributed by atoms with van der Waals surface area (Å²) < 4.78 is 23.0. The number of allylic oxidation sites excluding steroid dienone is 26. The van der Waals surface area contributed by atoms with Crippen LogP contribution in [0.1, 0.15) is 309 Å². The number of rotatable bonds is 70. The van der Waals surface area contributed by atoms with Crippen LogP contribution in [0, 0.1) is 0 Å². The molecule has 95 heavy (non-hydrogen) atoms. The van der Waals surface area contributed by atoms with E-state index in [9.17, 15) is 19.5 Å². The zero-order chi connectivity index (χ0) is 69.0. The average molecular weight is 1320 g/mol. The predicted octanol–water partition coefficient (Wildman–Crippen LogP) is 24.8. The molecule has 0 bridgehead atoms. The van der Waals surface area contributed by atoms with E-state index in [1.165, 1.54) is 148 Å². The Balaban J connectivity index is 4.06. The van der Waals surface area contributed by atoms with Gasteiger partial charge in [0.25, 0.3) is 6.29 Å². The molecule has 0 saturated carbocycles. The summed E-state index contributed by atoms with van der Waals surface area (Å²) >= 11 is 0. The maximum atomic E-state index is 13.0. The minimum absolute atomic E-state index is 0.176. The summed E-state index contributed by atoms with van der Waals surface area (Å²) in [6.45, 7) is 4.63. The molecule has 0 saturated heterocycles. The van der Waals surface area contributed by atoms with Gasteiger partial charge in [0.2, 0.25) is 0 Å². The summed E-state index contributed by atoms with van der Waals surface area (Å²) in [4.78, 5) is 37.7. The smallest absolute Gasteiger partial charge is 0.361 e. The largest absolute Gasteiger partial charge is 0.477 e. The predicted molar refractivity (Wildman–Crippen MR) is 410 cm³/mol. The summed E-state index contributed by atoms with van der Waals surface area (Å²) in [5, 5.41) is 9.76. The van der Waals surface area contributed by atoms with E-state index in [1.54, 1.807) is 0 Å². The van der Waals surface area contributed by atoms with E-state index in [0.29, 0.717) is 23.9 Å². The zero-order valence-corrected chi connectivity index (χ0v) is 61.8. The second-order valence-corrected chi connectivity index (χ2v) is 26.6. The number of nitrogens with zero attached hydrogens (tertiary/aromatic N) is 1. The standard InChI is InChI=1S/C86H143NO8/c1-6-8-10-12-14-16-18-20-22-24-26-28-30-32-34-36-37-38-39-40-41-42-43-44-45-46-47-49-50-52-54-56-58-60-62-64-66-68-70-72-74-76-83(88)93-80-82(81-94-86(85(90)91)92-79-78-87(3,4)5)95-84(89)77-75-73-71-69-67-65-63-61-59-57-55-53-51-48-35-33-31-29-27-25-23-21-19-17-15-13-11-9-7-2/h8-11,14-17,20-23,26-29,32-35,51,53,57,59,63,65,82,86H,6-7,12-13,18-19,24-25,30-31,36-50,52,54-56,58,60-62,64,66-81H2,1-5H3/p+1/b10-8-,11-9-,16-14-,17-15-,22-20-,23-21-,28-26-,29-27-,34-32-,35-33-,53-51-,59-57-,65-63-. The van der Waals surface area contributed by atoms with Crippen molar-refractivity contribution < 1.29 is 42.9 Å². The molecule has 0 aromatic rings. The maximum absolute atomic E-state index is 13.0. The van der Waals surface area contributed by atoms with Crippen LogP contribution in [0.5, 0.6) is 0 Å². The first-order valence-corrected chi connectivity index (χ1v) is 38.6. The lowest BCUT2D eigenvalue weighted by molar-refractivity contribution is -0.870. The van der Waals surface area contributed by atoms with Crippen molar-refractivity contribution in [3.63, 3.8) is 0 Å². The molecule has 1 N–H and O–H groups in total. The fourth-order valence-electron chi connectivity index (χ4n) is 10.5. The van der Waals surface area contributed by atoms with Gasteiger partial charge in [-0.05, 0) is 122 Å². The van der Waals surface area contributed by atoms with Crippen molar-refractivity contribution in [3.05, 3.63) is 158 Å². The third kappa shape index (κ3) is 76.1. The van der Waals surface area contributed by atoms with Gasteiger partial charge < -0.3 is 28.5 Å². The van der Waals surface area contributed by atoms with Gasteiger partial charge in [0.05, 0.1) is 34.4 Å². The summed E-state index contributed by atoms with van der Waals surface area (Å²) in [5.41, 5.74) is 0. The van der Waals surface area contributed by atoms with Gasteiger partial charge in [-0.25, -0.2) is 4.79 Å². The average Bonchev–Trinajstić information content (AvgIpc) is 2.86. The molecule has 0 aliphatic carbocycles. The van der Waals surface area contributed by atoms with E-state index in [-0.39, 0.29) is 32.2 Å². The highest BCUT2D eigenvalue weighted by Gasteiger charge is 2.25. The number of carbonyl (C=O) groups is 3. The molecule has 0 spiro atoms. The van der Waals surface area contributed by atoms with Crippen LogP contribution in [0.3, 0.4) is 0 Å². The Labute approximate surface area is 584 Å². The maximum Gasteiger partial charge on any atom is 0.361 e. The molecule has 0 aromatic carbocycles. The van der Waals surface area contributed by atoms with Crippen molar-refractivity contribution in [1.29, 1.82) is 0 Å². The number of likely N-dealkylation sites (N-methyl/N-ethyl adjacent to an activating group) is 1. The topological polar surface area (TPSA) is 108 Å². The van der Waals surface area contributed by atoms with E-state index in [1.807, 2.05) is 21.1 Å². The molecule has 2 atom stereocenters. The molecule has 0 heterocycles. The normalized spacial score (nSPS) is 13.6. The molecule has 0 amide bonds. The van der Waals surface area contributed by atoms with Crippen molar-refractivity contribution in [2.75, 3.05) is 47.5 Å². The number of hydrogen-bond acceptors (Lipinski definition) is 7. The highest BCUT2D eigenvalue weighted by molar-refractivity contribution is 5.71. The molecule has 0 rings (SSSR count). The Morgan fingerprint density at radius 2 is 0.568 bits per heavy atom. The summed E-state index contributed by atoms with van der Waals surface area (Å²) in [5.74, 6) is -2.04. The van der Waals surface area contributed by atoms with Gasteiger partial charge in [-0.2, -0.15) is 0 Å². The van der Waals surface area contributed by atoms with Gasteiger partial charge in [-0.15, -0.1) is 0 Å². The number of esters is 2. The fraction of sp³-hybridized carbons (Fsp3) is 0.663. The van der Waals surface area contributed by atoms with E-state index < -0.39 is 24.3 Å². The Kier molecular flexibility index (Phi) is 70.7. The monoisotopic (exact) mass is 1320 g/mol. The van der Waals surface area contributed by atoms with Gasteiger partial charge in [-0.1, -0.05) is 332 Å². The third-order valence-corrected chi connectivity index (χ3v) is 16.3. The number of carboxylic acids is 1. The summed E-state index contributed by atoms with van der Waals surface area (Å²) in [6, 6.07) is 0. The lowest BCUT2D eigenvalue weighted by atomic mass is 10.0. The van der Waals surface area contributed by atoms with Crippen molar-refractivity contribution >= 4 is 17.9 Å². The van der Waals surface area contributed by atoms with Crippen molar-refractivity contribution in [2.45, 2.75) is 322 Å². The molecule has 2 unspecified atom stereocenters. The summed E-state index contributed by atoms with van der Waals surface area (Å²) in [7, 11) is 5.97. The third-order valence-electron chi connectivity index (χ3n) is 16.3. The zero-order valence-electron chi connectivity index (χ0n) is 61.8. The van der Waals surface area contributed by atoms with Crippen LogP contribution in [-0.2, 0) is 33.3 Å². The summed E-state index contributed by atoms with van der Waals surface area (Å²) in [6.07, 6.45) is 108. The molecule has 540 valence electrons. The molecule has 0 fully saturated rings. The van der Waals surface area contributed by atoms with E-state index in [2.05, 4.69) is 172 Å². The fourth-order valence-corrected chi connectivity index (χ4v) is 10.5. The van der Waals surface area contributed by atoms with E-state index in [4.69, 9.17) is 18.9 Å². The minimum Gasteiger partial charge on any atom is -0.477 e. The van der Waals surface area contributed by atoms with Crippen molar-refractivity contribution in [1.82, 2.24) is 0 Å². The first-order chi connectivity index (χ1) is 46.6. The van der Waals surface area contributed by atoms with Gasteiger partial charge in [0, 0.05) is 12.8 Å². The quantitative estimate of drug-likeness (QED) is 0.0211. The van der Waals surface area contributed by atoms with E-state index >= 15 is 0 Å². The van der Waals surface area contributed by atoms with Crippen molar-refractivity contribution in [2.24, 2.45) is 0 Å². The lowest BCUT2D eigenvalue weighted by Crippen LogP contribution is -2.40. The van der Waals surface area contributed by atoms with Crippen LogP contribution in [0.25, 0.3) is 0 Å². The number of aliphatic carboxylic acids is 1. The number of hydrogen-bond donors (Lipinski definition) is 1. The minimum atomic E-state index is -1.53. The SMILES string of the molecule is CC/C=C\C/C=C\C/C=C\C/C=C\C/C=C\C/C=C\C/C=C\C/C=C\CCCCCCC(=O)OC(COC(=O)CCCCCCCCCCCCCCCCCCCCCCCCCCC/C=C\C/C=C\C/C=C\C/C=C\C/C=C\CC)COC(OCC[N+](C)(C)C)C(=O)O. The molecule has 0 radical (unpaired) electrons. The van der Waals surface area contributed by atoms with Gasteiger partial charge in [0.1, 0.15) is 13.2 Å². The number of carbonyl (C=O) groups excluding carboxylic acids is 2. The Morgan fingerprint density at radius 3 is 0.842 bits per heavy atom. The molecule has 9 heteroatoms. The lowest BCUT2D eigenvalue weighted by Gasteiger charge is -2.25. The first-order valence-electron chi connectivity index (χ1n) is 38.6. The molecule has 0 aliphatic rings. The number of ether oxygens (including phenoxy) is 4. The van der Waals surface area contributed by atoms with Crippen LogP contribution in [0.2, 0.25) is 0 Å².